The molecule has 0 unspecified atom stereocenters. The van der Waals surface area contributed by atoms with Gasteiger partial charge in [0.25, 0.3) is 0 Å². The Morgan fingerprint density at radius 3 is 2.81 bits per heavy atom. The van der Waals surface area contributed by atoms with Crippen LogP contribution in [0.4, 0.5) is 0 Å². The lowest BCUT2D eigenvalue weighted by molar-refractivity contribution is -0.143. The molecule has 86 valence electrons. The van der Waals surface area contributed by atoms with E-state index in [1.807, 2.05) is 0 Å². The Morgan fingerprint density at radius 1 is 1.38 bits per heavy atom. The molecule has 16 heavy (non-hydrogen) atoms. The summed E-state index contributed by atoms with van der Waals surface area (Å²) in [6, 6.07) is 0. The van der Waals surface area contributed by atoms with Crippen molar-refractivity contribution in [1.29, 1.82) is 0 Å². The van der Waals surface area contributed by atoms with Gasteiger partial charge >= 0.3 is 5.97 Å². The van der Waals surface area contributed by atoms with Crippen molar-refractivity contribution < 1.29 is 9.90 Å². The number of hydrogen-bond acceptors (Lipinski definition) is 2. The predicted octanol–water partition coefficient (Wildman–Crippen LogP) is 1.70. The second-order valence-electron chi connectivity index (χ2n) is 5.10. The van der Waals surface area contributed by atoms with Crippen LogP contribution in [0.5, 0.6) is 0 Å². The van der Waals surface area contributed by atoms with E-state index in [2.05, 4.69) is 10.2 Å². The van der Waals surface area contributed by atoms with Crippen molar-refractivity contribution in [2.24, 2.45) is 5.41 Å². The van der Waals surface area contributed by atoms with Gasteiger partial charge in [-0.1, -0.05) is 0 Å². The molecule has 1 heterocycles. The third kappa shape index (κ3) is 1.44. The van der Waals surface area contributed by atoms with Gasteiger partial charge in [0.15, 0.2) is 0 Å². The SMILES string of the molecule is O=C(O)C1(Cc2n[nH]c3c2CCCC3)CC1. The number of H-pyrrole nitrogens is 1. The molecule has 0 spiro atoms. The maximum atomic E-state index is 11.1. The van der Waals surface area contributed by atoms with Crippen LogP contribution in [-0.2, 0) is 24.1 Å². The number of aromatic nitrogens is 2. The van der Waals surface area contributed by atoms with Crippen molar-refractivity contribution >= 4 is 5.97 Å². The Labute approximate surface area is 94.1 Å². The molecule has 0 bridgehead atoms. The fourth-order valence-electron chi connectivity index (χ4n) is 2.63. The third-order valence-corrected chi connectivity index (χ3v) is 3.96. The zero-order chi connectivity index (χ0) is 11.2. The Morgan fingerprint density at radius 2 is 2.12 bits per heavy atom. The highest BCUT2D eigenvalue weighted by Crippen LogP contribution is 2.49. The Hall–Kier alpha value is -1.32. The summed E-state index contributed by atoms with van der Waals surface area (Å²) in [5.41, 5.74) is 3.07. The lowest BCUT2D eigenvalue weighted by atomic mass is 9.91. The first-order chi connectivity index (χ1) is 7.71. The number of rotatable bonds is 3. The smallest absolute Gasteiger partial charge is 0.310 e. The maximum absolute atomic E-state index is 11.1. The summed E-state index contributed by atoms with van der Waals surface area (Å²) in [7, 11) is 0. The first-order valence-electron chi connectivity index (χ1n) is 6.00. The molecular weight excluding hydrogens is 204 g/mol. The first kappa shape index (κ1) is 9.87. The fraction of sp³-hybridized carbons (Fsp3) is 0.667. The Kier molecular flexibility index (Phi) is 2.06. The molecule has 0 radical (unpaired) electrons. The van der Waals surface area contributed by atoms with Crippen molar-refractivity contribution in [3.8, 4) is 0 Å². The normalized spacial score (nSPS) is 21.5. The van der Waals surface area contributed by atoms with E-state index in [0.717, 1.165) is 31.4 Å². The summed E-state index contributed by atoms with van der Waals surface area (Å²) in [6.45, 7) is 0. The van der Waals surface area contributed by atoms with Gasteiger partial charge in [0.1, 0.15) is 0 Å². The number of aliphatic carboxylic acids is 1. The van der Waals surface area contributed by atoms with Crippen LogP contribution in [-0.4, -0.2) is 21.3 Å². The van der Waals surface area contributed by atoms with Gasteiger partial charge in [-0.3, -0.25) is 9.89 Å². The number of carboxylic acid groups (broad SMARTS) is 1. The number of nitrogens with zero attached hydrogens (tertiary/aromatic N) is 1. The third-order valence-electron chi connectivity index (χ3n) is 3.96. The second-order valence-corrected chi connectivity index (χ2v) is 5.10. The molecule has 0 aromatic carbocycles. The molecule has 0 atom stereocenters. The molecule has 1 fully saturated rings. The van der Waals surface area contributed by atoms with E-state index in [1.165, 1.54) is 24.1 Å². The largest absolute Gasteiger partial charge is 0.481 e. The summed E-state index contributed by atoms with van der Waals surface area (Å²) < 4.78 is 0. The molecule has 4 nitrogen and oxygen atoms in total. The molecule has 0 aliphatic heterocycles. The zero-order valence-electron chi connectivity index (χ0n) is 9.25. The summed E-state index contributed by atoms with van der Waals surface area (Å²) in [6.07, 6.45) is 6.81. The van der Waals surface area contributed by atoms with E-state index >= 15 is 0 Å². The maximum Gasteiger partial charge on any atom is 0.310 e. The molecule has 0 saturated heterocycles. The minimum atomic E-state index is -0.653. The first-order valence-corrected chi connectivity index (χ1v) is 6.00. The number of aryl methyl sites for hydroxylation is 1. The average Bonchev–Trinajstić information content (AvgIpc) is 2.96. The number of carbonyl (C=O) groups is 1. The van der Waals surface area contributed by atoms with Gasteiger partial charge in [-0.25, -0.2) is 0 Å². The standard InChI is InChI=1S/C12H16N2O2/c15-11(16)12(5-6-12)7-10-8-3-1-2-4-9(8)13-14-10/h1-7H2,(H,13,14)(H,15,16). The van der Waals surface area contributed by atoms with Gasteiger partial charge in [0.2, 0.25) is 0 Å². The molecule has 2 aliphatic carbocycles. The number of fused-ring (bicyclic) bond motifs is 1. The van der Waals surface area contributed by atoms with Crippen molar-refractivity contribution in [3.05, 3.63) is 17.0 Å². The molecule has 1 saturated carbocycles. The van der Waals surface area contributed by atoms with Gasteiger partial charge in [-0.2, -0.15) is 5.10 Å². The summed E-state index contributed by atoms with van der Waals surface area (Å²) >= 11 is 0. The predicted molar refractivity (Wildman–Crippen MR) is 58.2 cm³/mol. The van der Waals surface area contributed by atoms with Crippen molar-refractivity contribution in [2.45, 2.75) is 44.9 Å². The van der Waals surface area contributed by atoms with Crippen molar-refractivity contribution in [2.75, 3.05) is 0 Å². The molecule has 1 aromatic heterocycles. The van der Waals surface area contributed by atoms with Crippen LogP contribution in [0.25, 0.3) is 0 Å². The van der Waals surface area contributed by atoms with Crippen LogP contribution >= 0.6 is 0 Å². The highest BCUT2D eigenvalue weighted by molar-refractivity contribution is 5.78. The van der Waals surface area contributed by atoms with Crippen LogP contribution in [0.2, 0.25) is 0 Å². The van der Waals surface area contributed by atoms with Crippen LogP contribution in [0, 0.1) is 5.41 Å². The van der Waals surface area contributed by atoms with Crippen LogP contribution in [0.3, 0.4) is 0 Å². The minimum absolute atomic E-state index is 0.486. The topological polar surface area (TPSA) is 66.0 Å². The highest BCUT2D eigenvalue weighted by atomic mass is 16.4. The van der Waals surface area contributed by atoms with Gasteiger partial charge in [0, 0.05) is 12.1 Å². The second kappa shape index (κ2) is 3.34. The zero-order valence-corrected chi connectivity index (χ0v) is 9.25. The number of nitrogens with one attached hydrogen (secondary N) is 1. The minimum Gasteiger partial charge on any atom is -0.481 e. The van der Waals surface area contributed by atoms with Gasteiger partial charge in [-0.15, -0.1) is 0 Å². The van der Waals surface area contributed by atoms with E-state index < -0.39 is 11.4 Å². The summed E-state index contributed by atoms with van der Waals surface area (Å²) in [5.74, 6) is -0.653. The number of aromatic amines is 1. The number of carboxylic acids is 1. The molecule has 2 aliphatic rings. The van der Waals surface area contributed by atoms with Crippen molar-refractivity contribution in [3.63, 3.8) is 0 Å². The quantitative estimate of drug-likeness (QED) is 0.814. The fourth-order valence-corrected chi connectivity index (χ4v) is 2.63. The molecule has 0 amide bonds. The van der Waals surface area contributed by atoms with E-state index in [9.17, 15) is 4.79 Å². The summed E-state index contributed by atoms with van der Waals surface area (Å²) in [5, 5.41) is 16.6. The van der Waals surface area contributed by atoms with E-state index in [4.69, 9.17) is 5.11 Å². The molecule has 4 heteroatoms. The van der Waals surface area contributed by atoms with Crippen LogP contribution < -0.4 is 0 Å². The van der Waals surface area contributed by atoms with Crippen molar-refractivity contribution in [1.82, 2.24) is 10.2 Å². The lowest BCUT2D eigenvalue weighted by Crippen LogP contribution is -2.18. The lowest BCUT2D eigenvalue weighted by Gasteiger charge is -2.13. The van der Waals surface area contributed by atoms with Gasteiger partial charge < -0.3 is 5.11 Å². The monoisotopic (exact) mass is 220 g/mol. The Bertz CT molecular complexity index is 432. The van der Waals surface area contributed by atoms with Gasteiger partial charge in [0.05, 0.1) is 11.1 Å². The summed E-state index contributed by atoms with van der Waals surface area (Å²) in [4.78, 5) is 11.1. The highest BCUT2D eigenvalue weighted by Gasteiger charge is 2.50. The van der Waals surface area contributed by atoms with Crippen LogP contribution in [0.15, 0.2) is 0 Å². The van der Waals surface area contributed by atoms with E-state index in [0.29, 0.717) is 6.42 Å². The van der Waals surface area contributed by atoms with Crippen LogP contribution in [0.1, 0.15) is 42.6 Å². The average molecular weight is 220 g/mol. The molecular formula is C12H16N2O2. The Balaban J connectivity index is 1.85. The molecule has 1 aromatic rings. The van der Waals surface area contributed by atoms with E-state index in [1.54, 1.807) is 0 Å². The van der Waals surface area contributed by atoms with E-state index in [-0.39, 0.29) is 0 Å². The molecule has 2 N–H and O–H groups in total. The molecule has 3 rings (SSSR count). The number of hydrogen-bond donors (Lipinski definition) is 2. The van der Waals surface area contributed by atoms with Gasteiger partial charge in [-0.05, 0) is 44.1 Å².